The van der Waals surface area contributed by atoms with E-state index in [2.05, 4.69) is 9.71 Å². The van der Waals surface area contributed by atoms with Crippen LogP contribution in [0.25, 0.3) is 11.1 Å². The molecule has 4 aromatic rings. The summed E-state index contributed by atoms with van der Waals surface area (Å²) in [6.45, 7) is 0.654. The van der Waals surface area contributed by atoms with Gasteiger partial charge < -0.3 is 18.6 Å². The van der Waals surface area contributed by atoms with Crippen LogP contribution in [0.1, 0.15) is 16.2 Å². The van der Waals surface area contributed by atoms with Crippen LogP contribution in [0, 0.1) is 0 Å². The van der Waals surface area contributed by atoms with E-state index < -0.39 is 16.0 Å². The maximum atomic E-state index is 12.7. The Morgan fingerprint density at radius 3 is 2.52 bits per heavy atom. The minimum atomic E-state index is -3.86. The molecule has 0 radical (unpaired) electrons. The Labute approximate surface area is 189 Å². The zero-order valence-corrected chi connectivity index (χ0v) is 18.0. The first-order chi connectivity index (χ1) is 16.0. The second-order valence-electron chi connectivity index (χ2n) is 7.14. The molecule has 2 heterocycles. The van der Waals surface area contributed by atoms with Crippen molar-refractivity contribution < 1.29 is 31.8 Å². The number of esters is 1. The normalized spacial score (nSPS) is 13.0. The molecule has 0 saturated carbocycles. The van der Waals surface area contributed by atoms with Crippen LogP contribution in [0.2, 0.25) is 0 Å². The molecule has 1 N–H and O–H groups in total. The Morgan fingerprint density at radius 1 is 0.970 bits per heavy atom. The van der Waals surface area contributed by atoms with Crippen LogP contribution < -0.4 is 14.2 Å². The van der Waals surface area contributed by atoms with E-state index in [0.29, 0.717) is 41.5 Å². The van der Waals surface area contributed by atoms with E-state index in [1.54, 1.807) is 18.2 Å². The number of rotatable bonds is 6. The van der Waals surface area contributed by atoms with Gasteiger partial charge in [0.15, 0.2) is 23.7 Å². The molecule has 0 atom stereocenters. The second-order valence-corrected chi connectivity index (χ2v) is 8.82. The van der Waals surface area contributed by atoms with Gasteiger partial charge in [0.05, 0.1) is 10.5 Å². The molecule has 1 aliphatic rings. The molecule has 0 bridgehead atoms. The highest BCUT2D eigenvalue weighted by atomic mass is 32.2. The topological polar surface area (TPSA) is 117 Å². The summed E-state index contributed by atoms with van der Waals surface area (Å²) in [5.41, 5.74) is 1.84. The highest BCUT2D eigenvalue weighted by molar-refractivity contribution is 7.92. The lowest BCUT2D eigenvalue weighted by Gasteiger charge is -2.19. The molecule has 0 unspecified atom stereocenters. The van der Waals surface area contributed by atoms with E-state index in [4.69, 9.17) is 18.6 Å². The molecular weight excluding hydrogens is 448 g/mol. The molecule has 0 saturated heterocycles. The fourth-order valence-electron chi connectivity index (χ4n) is 3.27. The summed E-state index contributed by atoms with van der Waals surface area (Å²) < 4.78 is 49.6. The number of fused-ring (bicyclic) bond motifs is 2. The van der Waals surface area contributed by atoms with Crippen LogP contribution in [0.15, 0.2) is 76.0 Å². The van der Waals surface area contributed by atoms with Crippen LogP contribution in [0.3, 0.4) is 0 Å². The van der Waals surface area contributed by atoms with Gasteiger partial charge in [-0.2, -0.15) is 0 Å². The molecule has 10 heteroatoms. The number of nitrogens with zero attached hydrogens (tertiary/aromatic N) is 1. The number of nitrogens with one attached hydrogen (secondary N) is 1. The summed E-state index contributed by atoms with van der Waals surface area (Å²) in [7, 11) is -3.86. The zero-order valence-electron chi connectivity index (χ0n) is 17.2. The Morgan fingerprint density at radius 2 is 1.73 bits per heavy atom. The van der Waals surface area contributed by atoms with E-state index in [1.807, 2.05) is 12.1 Å². The maximum absolute atomic E-state index is 12.7. The Kier molecular flexibility index (Phi) is 5.35. The number of carbonyl (C=O) groups excluding carboxylic acids is 1. The van der Waals surface area contributed by atoms with E-state index in [-0.39, 0.29) is 23.0 Å². The van der Waals surface area contributed by atoms with Gasteiger partial charge in [0.2, 0.25) is 5.89 Å². The van der Waals surface area contributed by atoms with Crippen LogP contribution in [-0.2, 0) is 21.4 Å². The van der Waals surface area contributed by atoms with Gasteiger partial charge in [-0.05, 0) is 48.5 Å². The van der Waals surface area contributed by atoms with Gasteiger partial charge in [-0.1, -0.05) is 12.1 Å². The third-order valence-electron chi connectivity index (χ3n) is 4.86. The number of aromatic nitrogens is 1. The number of sulfonamides is 1. The van der Waals surface area contributed by atoms with Crippen molar-refractivity contribution >= 4 is 32.8 Å². The first kappa shape index (κ1) is 20.8. The summed E-state index contributed by atoms with van der Waals surface area (Å²) in [6, 6.07) is 17.5. The van der Waals surface area contributed by atoms with Crippen LogP contribution >= 0.6 is 0 Å². The van der Waals surface area contributed by atoms with E-state index >= 15 is 0 Å². The molecule has 0 amide bonds. The van der Waals surface area contributed by atoms with Gasteiger partial charge in [0.25, 0.3) is 10.0 Å². The van der Waals surface area contributed by atoms with Crippen molar-refractivity contribution in [1.82, 2.24) is 4.98 Å². The van der Waals surface area contributed by atoms with Crippen LogP contribution in [0.4, 0.5) is 5.69 Å². The van der Waals surface area contributed by atoms with Crippen molar-refractivity contribution in [3.63, 3.8) is 0 Å². The molecule has 33 heavy (non-hydrogen) atoms. The predicted octanol–water partition coefficient (Wildman–Crippen LogP) is 3.76. The Bertz CT molecular complexity index is 1400. The fourth-order valence-corrected chi connectivity index (χ4v) is 4.35. The quantitative estimate of drug-likeness (QED) is 0.427. The summed E-state index contributed by atoms with van der Waals surface area (Å²) in [5.74, 6) is 0.578. The number of ether oxygens (including phenoxy) is 3. The van der Waals surface area contributed by atoms with Crippen molar-refractivity contribution in [1.29, 1.82) is 0 Å². The van der Waals surface area contributed by atoms with Crippen LogP contribution in [0.5, 0.6) is 11.5 Å². The summed E-state index contributed by atoms with van der Waals surface area (Å²) >= 11 is 0. The largest absolute Gasteiger partial charge is 0.486 e. The minimum absolute atomic E-state index is 0.0357. The number of hydrogen-bond donors (Lipinski definition) is 1. The van der Waals surface area contributed by atoms with Crippen molar-refractivity contribution in [2.75, 3.05) is 17.9 Å². The smallest absolute Gasteiger partial charge is 0.338 e. The molecule has 0 spiro atoms. The Balaban J connectivity index is 1.23. The molecule has 9 nitrogen and oxygen atoms in total. The summed E-state index contributed by atoms with van der Waals surface area (Å²) in [6.07, 6.45) is 0. The average Bonchev–Trinajstić information content (AvgIpc) is 3.25. The average molecular weight is 466 g/mol. The molecule has 168 valence electrons. The van der Waals surface area contributed by atoms with Gasteiger partial charge in [0.1, 0.15) is 18.7 Å². The fraction of sp³-hybridized carbons (Fsp3) is 0.130. The van der Waals surface area contributed by atoms with Crippen molar-refractivity contribution in [2.24, 2.45) is 0 Å². The van der Waals surface area contributed by atoms with E-state index in [0.717, 1.165) is 0 Å². The molecule has 3 aromatic carbocycles. The second kappa shape index (κ2) is 8.47. The number of para-hydroxylation sites is 2. The summed E-state index contributed by atoms with van der Waals surface area (Å²) in [4.78, 5) is 16.6. The number of anilines is 1. The lowest BCUT2D eigenvalue weighted by atomic mass is 10.2. The molecule has 1 aliphatic heterocycles. The van der Waals surface area contributed by atoms with Gasteiger partial charge in [-0.25, -0.2) is 18.2 Å². The first-order valence-corrected chi connectivity index (χ1v) is 11.5. The number of hydrogen-bond acceptors (Lipinski definition) is 8. The minimum Gasteiger partial charge on any atom is -0.486 e. The highest BCUT2D eigenvalue weighted by Gasteiger charge is 2.20. The van der Waals surface area contributed by atoms with Gasteiger partial charge in [0, 0.05) is 11.8 Å². The van der Waals surface area contributed by atoms with E-state index in [9.17, 15) is 13.2 Å². The van der Waals surface area contributed by atoms with Crippen molar-refractivity contribution in [3.8, 4) is 11.5 Å². The highest BCUT2D eigenvalue weighted by Crippen LogP contribution is 2.32. The van der Waals surface area contributed by atoms with Gasteiger partial charge in [-0.3, -0.25) is 4.72 Å². The standard InChI is InChI=1S/C23H18N2O7S/c26-23(31-14-22-24-18-3-1-2-4-19(18)32-22)15-5-7-16(8-6-15)25-33(27,28)17-9-10-20-21(13-17)30-12-11-29-20/h1-10,13,25H,11-12,14H2. The molecular formula is C23H18N2O7S. The predicted molar refractivity (Wildman–Crippen MR) is 118 cm³/mol. The maximum Gasteiger partial charge on any atom is 0.338 e. The lowest BCUT2D eigenvalue weighted by molar-refractivity contribution is 0.0440. The molecule has 5 rings (SSSR count). The van der Waals surface area contributed by atoms with Crippen molar-refractivity contribution in [2.45, 2.75) is 11.5 Å². The van der Waals surface area contributed by atoms with Gasteiger partial charge >= 0.3 is 5.97 Å². The third-order valence-corrected chi connectivity index (χ3v) is 6.24. The monoisotopic (exact) mass is 466 g/mol. The first-order valence-electron chi connectivity index (χ1n) is 10.0. The van der Waals surface area contributed by atoms with Crippen LogP contribution in [-0.4, -0.2) is 32.6 Å². The number of carbonyl (C=O) groups is 1. The number of benzene rings is 3. The SMILES string of the molecule is O=C(OCc1nc2ccccc2o1)c1ccc(NS(=O)(=O)c2ccc3c(c2)OCCO3)cc1. The van der Waals surface area contributed by atoms with Crippen molar-refractivity contribution in [3.05, 3.63) is 78.2 Å². The molecule has 0 fully saturated rings. The third kappa shape index (κ3) is 4.46. The van der Waals surface area contributed by atoms with E-state index in [1.165, 1.54) is 36.4 Å². The summed E-state index contributed by atoms with van der Waals surface area (Å²) in [5, 5.41) is 0. The lowest BCUT2D eigenvalue weighted by Crippen LogP contribution is -2.17. The molecule has 1 aromatic heterocycles. The van der Waals surface area contributed by atoms with Gasteiger partial charge in [-0.15, -0.1) is 0 Å². The Hall–Kier alpha value is -4.05. The number of oxazole rings is 1. The zero-order chi connectivity index (χ0) is 22.8. The molecule has 0 aliphatic carbocycles.